The molecule has 0 amide bonds. The highest BCUT2D eigenvalue weighted by Gasteiger charge is 2.35. The highest BCUT2D eigenvalue weighted by molar-refractivity contribution is 7.11. The van der Waals surface area contributed by atoms with E-state index in [1.165, 1.54) is 6.20 Å². The molecule has 1 aromatic heterocycles. The Balaban J connectivity index is 2.64. The summed E-state index contributed by atoms with van der Waals surface area (Å²) >= 11 is 0.652. The number of hydrogen-bond donors (Lipinski definition) is 1. The summed E-state index contributed by atoms with van der Waals surface area (Å²) in [6.07, 6.45) is -2.24. The zero-order valence-corrected chi connectivity index (χ0v) is 12.3. The number of hydrogen-bond acceptors (Lipinski definition) is 5. The van der Waals surface area contributed by atoms with Gasteiger partial charge in [-0.1, -0.05) is 6.92 Å². The van der Waals surface area contributed by atoms with Crippen molar-refractivity contribution < 1.29 is 22.6 Å². The quantitative estimate of drug-likeness (QED) is 0.712. The lowest BCUT2D eigenvalue weighted by atomic mass is 10.2. The predicted molar refractivity (Wildman–Crippen MR) is 70.8 cm³/mol. The number of thiazole rings is 1. The first-order valence-corrected chi connectivity index (χ1v) is 7.13. The van der Waals surface area contributed by atoms with E-state index in [2.05, 4.69) is 10.3 Å². The molecule has 20 heavy (non-hydrogen) atoms. The van der Waals surface area contributed by atoms with Gasteiger partial charge >= 0.3 is 6.18 Å². The van der Waals surface area contributed by atoms with E-state index in [-0.39, 0.29) is 6.04 Å². The minimum Gasteiger partial charge on any atom is -0.382 e. The third kappa shape index (κ3) is 5.74. The number of rotatable bonds is 9. The van der Waals surface area contributed by atoms with E-state index < -0.39 is 11.2 Å². The van der Waals surface area contributed by atoms with Crippen LogP contribution in [0.1, 0.15) is 29.3 Å². The molecule has 116 valence electrons. The lowest BCUT2D eigenvalue weighted by Gasteiger charge is -2.16. The fourth-order valence-corrected chi connectivity index (χ4v) is 2.33. The molecule has 1 heterocycles. The molecule has 0 aliphatic rings. The van der Waals surface area contributed by atoms with E-state index in [1.54, 1.807) is 7.11 Å². The van der Waals surface area contributed by atoms with Crippen LogP contribution in [-0.4, -0.2) is 38.5 Å². The molecule has 0 radical (unpaired) electrons. The van der Waals surface area contributed by atoms with Crippen LogP contribution in [0.4, 0.5) is 13.2 Å². The van der Waals surface area contributed by atoms with Crippen molar-refractivity contribution in [2.75, 3.05) is 33.5 Å². The molecule has 1 N–H and O–H groups in total. The molecular weight excluding hydrogens is 293 g/mol. The van der Waals surface area contributed by atoms with Crippen LogP contribution < -0.4 is 5.32 Å². The van der Waals surface area contributed by atoms with Gasteiger partial charge in [0.1, 0.15) is 0 Å². The highest BCUT2D eigenvalue weighted by Crippen LogP contribution is 2.34. The maximum absolute atomic E-state index is 12.5. The van der Waals surface area contributed by atoms with Crippen LogP contribution in [0.15, 0.2) is 6.20 Å². The number of halogens is 3. The van der Waals surface area contributed by atoms with Crippen LogP contribution in [0.2, 0.25) is 0 Å². The molecule has 0 saturated heterocycles. The summed E-state index contributed by atoms with van der Waals surface area (Å²) in [6, 6.07) is -0.277. The van der Waals surface area contributed by atoms with Crippen molar-refractivity contribution in [3.8, 4) is 0 Å². The van der Waals surface area contributed by atoms with Gasteiger partial charge in [0.15, 0.2) is 5.01 Å². The molecule has 0 fully saturated rings. The minimum absolute atomic E-state index is 0.277. The SMILES string of the molecule is CCCNC(COCCOC)c1cnc(C(F)(F)F)s1. The molecule has 1 unspecified atom stereocenters. The van der Waals surface area contributed by atoms with Gasteiger partial charge in [0.2, 0.25) is 0 Å². The zero-order valence-electron chi connectivity index (χ0n) is 11.5. The molecule has 0 bridgehead atoms. The number of nitrogens with one attached hydrogen (secondary N) is 1. The number of aromatic nitrogens is 1. The zero-order chi connectivity index (χ0) is 15.0. The Morgan fingerprint density at radius 1 is 1.40 bits per heavy atom. The van der Waals surface area contributed by atoms with E-state index in [4.69, 9.17) is 9.47 Å². The van der Waals surface area contributed by atoms with Gasteiger partial charge < -0.3 is 14.8 Å². The second kappa shape index (κ2) is 8.56. The van der Waals surface area contributed by atoms with Crippen molar-refractivity contribution in [3.63, 3.8) is 0 Å². The molecule has 8 heteroatoms. The van der Waals surface area contributed by atoms with Crippen molar-refractivity contribution in [3.05, 3.63) is 16.1 Å². The van der Waals surface area contributed by atoms with Crippen LogP contribution in [0, 0.1) is 0 Å². The fourth-order valence-electron chi connectivity index (χ4n) is 1.48. The lowest BCUT2D eigenvalue weighted by Crippen LogP contribution is -2.26. The third-order valence-electron chi connectivity index (χ3n) is 2.47. The average Bonchev–Trinajstić information content (AvgIpc) is 2.87. The van der Waals surface area contributed by atoms with Crippen molar-refractivity contribution in [2.45, 2.75) is 25.6 Å². The Labute approximate surface area is 120 Å². The predicted octanol–water partition coefficient (Wildman–Crippen LogP) is 2.87. The van der Waals surface area contributed by atoms with Gasteiger partial charge in [0.25, 0.3) is 0 Å². The molecule has 1 rings (SSSR count). The second-order valence-electron chi connectivity index (χ2n) is 4.14. The van der Waals surface area contributed by atoms with Gasteiger partial charge in [-0.3, -0.25) is 0 Å². The molecule has 4 nitrogen and oxygen atoms in total. The smallest absolute Gasteiger partial charge is 0.382 e. The Morgan fingerprint density at radius 2 is 2.15 bits per heavy atom. The number of ether oxygens (including phenoxy) is 2. The summed E-state index contributed by atoms with van der Waals surface area (Å²) in [5, 5.41) is 2.34. The Hall–Kier alpha value is -0.700. The Bertz CT molecular complexity index is 385. The van der Waals surface area contributed by atoms with Gasteiger partial charge in [-0.25, -0.2) is 4.98 Å². The second-order valence-corrected chi connectivity index (χ2v) is 5.20. The van der Waals surface area contributed by atoms with Crippen molar-refractivity contribution >= 4 is 11.3 Å². The minimum atomic E-state index is -4.39. The third-order valence-corrected chi connectivity index (χ3v) is 3.62. The fraction of sp³-hybridized carbons (Fsp3) is 0.750. The van der Waals surface area contributed by atoms with E-state index in [1.807, 2.05) is 6.92 Å². The Kier molecular flexibility index (Phi) is 7.42. The highest BCUT2D eigenvalue weighted by atomic mass is 32.1. The van der Waals surface area contributed by atoms with Crippen LogP contribution in [-0.2, 0) is 15.7 Å². The standard InChI is InChI=1S/C12H19F3N2O2S/c1-3-4-16-9(8-19-6-5-18-2)10-7-17-11(20-10)12(13,14)15/h7,9,16H,3-6,8H2,1-2H3. The van der Waals surface area contributed by atoms with Gasteiger partial charge in [-0.05, 0) is 13.0 Å². The molecule has 0 aromatic carbocycles. The molecule has 0 spiro atoms. The van der Waals surface area contributed by atoms with Crippen molar-refractivity contribution in [2.24, 2.45) is 0 Å². The summed E-state index contributed by atoms with van der Waals surface area (Å²) in [5.74, 6) is 0. The largest absolute Gasteiger partial charge is 0.443 e. The van der Waals surface area contributed by atoms with Crippen molar-refractivity contribution in [1.82, 2.24) is 10.3 Å². The molecule has 1 atom stereocenters. The normalized spacial score (nSPS) is 13.7. The lowest BCUT2D eigenvalue weighted by molar-refractivity contribution is -0.137. The van der Waals surface area contributed by atoms with E-state index >= 15 is 0 Å². The summed E-state index contributed by atoms with van der Waals surface area (Å²) in [7, 11) is 1.56. The maximum Gasteiger partial charge on any atom is 0.443 e. The monoisotopic (exact) mass is 312 g/mol. The summed E-state index contributed by atoms with van der Waals surface area (Å²) in [5.41, 5.74) is 0. The number of nitrogens with zero attached hydrogens (tertiary/aromatic N) is 1. The summed E-state index contributed by atoms with van der Waals surface area (Å²) in [6.45, 7) is 3.85. The number of methoxy groups -OCH3 is 1. The average molecular weight is 312 g/mol. The Morgan fingerprint density at radius 3 is 2.70 bits per heavy atom. The topological polar surface area (TPSA) is 43.4 Å². The van der Waals surface area contributed by atoms with E-state index in [0.29, 0.717) is 42.6 Å². The van der Waals surface area contributed by atoms with E-state index in [9.17, 15) is 13.2 Å². The van der Waals surface area contributed by atoms with Gasteiger partial charge in [0, 0.05) is 18.2 Å². The summed E-state index contributed by atoms with van der Waals surface area (Å²) < 4.78 is 47.9. The first-order chi connectivity index (χ1) is 9.49. The molecule has 0 aliphatic heterocycles. The molecule has 0 saturated carbocycles. The first kappa shape index (κ1) is 17.4. The van der Waals surface area contributed by atoms with Gasteiger partial charge in [0.05, 0.1) is 25.9 Å². The van der Waals surface area contributed by atoms with Crippen LogP contribution in [0.25, 0.3) is 0 Å². The van der Waals surface area contributed by atoms with Crippen LogP contribution >= 0.6 is 11.3 Å². The molecule has 0 aliphatic carbocycles. The molecular formula is C12H19F3N2O2S. The first-order valence-electron chi connectivity index (χ1n) is 6.32. The number of alkyl halides is 3. The maximum atomic E-state index is 12.5. The van der Waals surface area contributed by atoms with Crippen LogP contribution in [0.5, 0.6) is 0 Å². The van der Waals surface area contributed by atoms with Crippen LogP contribution in [0.3, 0.4) is 0 Å². The van der Waals surface area contributed by atoms with E-state index in [0.717, 1.165) is 6.42 Å². The van der Waals surface area contributed by atoms with Gasteiger partial charge in [-0.15, -0.1) is 11.3 Å². The van der Waals surface area contributed by atoms with Gasteiger partial charge in [-0.2, -0.15) is 13.2 Å². The molecule has 1 aromatic rings. The summed E-state index contributed by atoms with van der Waals surface area (Å²) in [4.78, 5) is 3.96. The van der Waals surface area contributed by atoms with Crippen molar-refractivity contribution in [1.29, 1.82) is 0 Å².